The Balaban J connectivity index is 0.0000000829. The molecule has 16 nitrogen and oxygen atoms in total. The van der Waals surface area contributed by atoms with Crippen molar-refractivity contribution in [3.05, 3.63) is 431 Å². The van der Waals surface area contributed by atoms with Crippen LogP contribution in [-0.4, -0.2) is 77.4 Å². The molecule has 16 heterocycles. The number of hydrogen-bond donors (Lipinski definition) is 0. The lowest BCUT2D eigenvalue weighted by Gasteiger charge is -2.10. The molecule has 16 heteroatoms. The van der Waals surface area contributed by atoms with Crippen LogP contribution in [0.25, 0.3) is 243 Å². The van der Waals surface area contributed by atoms with Crippen molar-refractivity contribution in [2.24, 2.45) is 0 Å². The fraction of sp³-hybridized carbons (Fsp3) is 0.0645. The van der Waals surface area contributed by atoms with Gasteiger partial charge < -0.3 is 0 Å². The van der Waals surface area contributed by atoms with Gasteiger partial charge in [-0.05, 0) is 338 Å². The third-order valence-electron chi connectivity index (χ3n) is 31.8. The van der Waals surface area contributed by atoms with Crippen LogP contribution < -0.4 is 0 Å². The van der Waals surface area contributed by atoms with Crippen LogP contribution in [0, 0.1) is 0 Å². The van der Waals surface area contributed by atoms with Crippen LogP contribution in [0.5, 0.6) is 0 Å². The van der Waals surface area contributed by atoms with Gasteiger partial charge in [0.25, 0.3) is 0 Å². The zero-order chi connectivity index (χ0) is 90.7. The predicted octanol–water partition coefficient (Wildman–Crippen LogP) is 26.9. The zero-order valence-corrected chi connectivity index (χ0v) is 75.1. The lowest BCUT2D eigenvalue weighted by Crippen LogP contribution is -1.93. The number of aromatic nitrogens is 16. The summed E-state index contributed by atoms with van der Waals surface area (Å²) in [5, 5.41) is 11.2. The predicted molar refractivity (Wildman–Crippen MR) is 559 cm³/mol. The number of nitrogens with zero attached hydrogens (tertiary/aromatic N) is 16. The van der Waals surface area contributed by atoms with E-state index in [-0.39, 0.29) is 0 Å². The minimum Gasteiger partial charge on any atom is -0.290 e. The monoisotopic (exact) mass is 1780 g/mol. The minimum atomic E-state index is 0.892. The summed E-state index contributed by atoms with van der Waals surface area (Å²) in [5.41, 5.74) is 63.2. The van der Waals surface area contributed by atoms with Crippen LogP contribution in [-0.2, 0) is 51.4 Å². The Hall–Kier alpha value is -18.3. The maximum atomic E-state index is 5.19. The van der Waals surface area contributed by atoms with Gasteiger partial charge in [-0.25, -0.2) is 19.9 Å². The normalized spacial score (nSPS) is 13.5. The van der Waals surface area contributed by atoms with Crippen molar-refractivity contribution in [2.75, 3.05) is 0 Å². The van der Waals surface area contributed by atoms with Gasteiger partial charge in [0.2, 0.25) is 0 Å². The molecule has 0 bridgehead atoms. The van der Waals surface area contributed by atoms with Crippen molar-refractivity contribution in [1.29, 1.82) is 0 Å². The number of hydrogen-bond acceptors (Lipinski definition) is 12. The molecule has 12 aromatic carbocycles. The summed E-state index contributed by atoms with van der Waals surface area (Å²) in [7, 11) is 0. The Morgan fingerprint density at radius 2 is 0.443 bits per heavy atom. The number of fused-ring (bicyclic) bond motifs is 60. The first-order valence-corrected chi connectivity index (χ1v) is 48.1. The molecule has 0 saturated heterocycles. The summed E-state index contributed by atoms with van der Waals surface area (Å²) in [6.07, 6.45) is 34.3. The zero-order valence-electron chi connectivity index (χ0n) is 75.1. The molecule has 0 spiro atoms. The van der Waals surface area contributed by atoms with Gasteiger partial charge in [-0.2, -0.15) is 0 Å². The molecule has 140 heavy (non-hydrogen) atoms. The van der Waals surface area contributed by atoms with Crippen LogP contribution in [0.4, 0.5) is 0 Å². The first-order valence-electron chi connectivity index (χ1n) is 48.1. The molecule has 8 aliphatic carbocycles. The standard InChI is InChI=1S/4C31H18N4/c1-2-5-21-17(4-1)12-18-7-8-19-13-20-14-26-25(15-24(20)29(19)28(18)21)34-31-23-6-3-10-33-30(23)22-9-11-32-16-27(22)35(26)31;1-2-5-21-17(4-1)12-18-7-8-19-13-20-14-26-25(15-24(20)29(19)28(18)21)34-31-30-23(6-3-10-33-30)22-9-11-32-16-27(22)35(26)31;1-2-4-21-17(3-1)11-18-5-6-19-12-20-13-27-26(14-24(20)30(19)29(18)21)34-31-23-8-10-32-15-25(23)22-7-9-33-16-28(22)35(27)31;1-2-4-21-17(3-1)11-18-5-6-19-12-20-13-27-26(14-24(20)30(19)29(18)21)34-31-25-15-32-9-7-22(25)23-8-10-33-16-28(23)35(27)31/h2*1-11,14-16H,12-13H2;2*1-10,13-16H,11-12H2. The molecular formula is C124H72N16. The van der Waals surface area contributed by atoms with Gasteiger partial charge in [0, 0.05) is 110 Å². The van der Waals surface area contributed by atoms with Crippen LogP contribution in [0.2, 0.25) is 0 Å². The molecule has 0 aliphatic heterocycles. The summed E-state index contributed by atoms with van der Waals surface area (Å²) in [6, 6.07) is 93.4. The van der Waals surface area contributed by atoms with Crippen molar-refractivity contribution in [1.82, 2.24) is 77.4 Å². The molecule has 36 rings (SSSR count). The average Bonchev–Trinajstić information content (AvgIpc) is 1.57. The lowest BCUT2D eigenvalue weighted by atomic mass is 9.94. The van der Waals surface area contributed by atoms with Gasteiger partial charge in [0.1, 0.15) is 22.5 Å². The van der Waals surface area contributed by atoms with E-state index in [9.17, 15) is 0 Å². The summed E-state index contributed by atoms with van der Waals surface area (Å²) in [5.74, 6) is 0. The number of pyridine rings is 12. The molecule has 648 valence electrons. The van der Waals surface area contributed by atoms with E-state index < -0.39 is 0 Å². The first kappa shape index (κ1) is 75.1. The van der Waals surface area contributed by atoms with E-state index in [1.807, 2.05) is 98.9 Å². The third kappa shape index (κ3) is 10.3. The molecule has 0 N–H and O–H groups in total. The SMILES string of the molecule is c1ccc2c(c1)Cc1ccc3c(c1-2)-c1cc2nc4c5cccnc5c5ccncc5n4c2cc1C3.c1ccc2c(c1)Cc1ccc3c(c1-2)-c1cc2nc4c5ccncc5c5ccncc5n4c2cc1C3.c1ccc2c(c1)Cc1ccc3c(c1-2)-c1cc2nc4c5cnccc5c5ccncc5n4c2cc1C3.c1ccc2c(c1)Cc1ccc3c(c1-2)-c1cc2nc4c5ncccc5c5ccncc5n4c2cc1C3. The van der Waals surface area contributed by atoms with E-state index >= 15 is 0 Å². The van der Waals surface area contributed by atoms with Crippen molar-refractivity contribution in [3.63, 3.8) is 0 Å². The second-order valence-electron chi connectivity index (χ2n) is 38.9. The second-order valence-corrected chi connectivity index (χ2v) is 38.9. The third-order valence-corrected chi connectivity index (χ3v) is 31.8. The van der Waals surface area contributed by atoms with Gasteiger partial charge in [0.15, 0.2) is 5.65 Å². The lowest BCUT2D eigenvalue weighted by molar-refractivity contribution is 1.23. The molecule has 0 amide bonds. The Bertz CT molecular complexity index is 9460. The highest BCUT2D eigenvalue weighted by atomic mass is 15.1. The Morgan fingerprint density at radius 3 is 0.843 bits per heavy atom. The quantitative estimate of drug-likeness (QED) is 0.132. The fourth-order valence-corrected chi connectivity index (χ4v) is 25.9. The van der Waals surface area contributed by atoms with Gasteiger partial charge in [-0.15, -0.1) is 0 Å². The Kier molecular flexibility index (Phi) is 14.9. The van der Waals surface area contributed by atoms with Gasteiger partial charge in [-0.3, -0.25) is 57.5 Å². The topological polar surface area (TPSA) is 172 Å². The molecule has 0 unspecified atom stereocenters. The smallest absolute Gasteiger partial charge is 0.165 e. The van der Waals surface area contributed by atoms with Crippen molar-refractivity contribution in [2.45, 2.75) is 51.4 Å². The van der Waals surface area contributed by atoms with Crippen molar-refractivity contribution in [3.8, 4) is 89.0 Å². The number of imidazole rings is 4. The van der Waals surface area contributed by atoms with Gasteiger partial charge >= 0.3 is 0 Å². The number of rotatable bonds is 0. The maximum Gasteiger partial charge on any atom is 0.165 e. The highest BCUT2D eigenvalue weighted by Crippen LogP contribution is 2.57. The van der Waals surface area contributed by atoms with E-state index in [0.717, 1.165) is 200 Å². The van der Waals surface area contributed by atoms with E-state index in [4.69, 9.17) is 29.9 Å². The van der Waals surface area contributed by atoms with Crippen molar-refractivity contribution < 1.29 is 0 Å². The summed E-state index contributed by atoms with van der Waals surface area (Å²) in [4.78, 5) is 56.8. The summed E-state index contributed by atoms with van der Waals surface area (Å²) >= 11 is 0. The Labute approximate surface area is 796 Å². The second kappa shape index (κ2) is 27.7. The largest absolute Gasteiger partial charge is 0.290 e. The van der Waals surface area contributed by atoms with Gasteiger partial charge in [0.05, 0.1) is 96.5 Å². The van der Waals surface area contributed by atoms with Gasteiger partial charge in [-0.1, -0.05) is 152 Å². The van der Waals surface area contributed by atoms with E-state index in [0.29, 0.717) is 0 Å². The summed E-state index contributed by atoms with van der Waals surface area (Å²) in [6.45, 7) is 0. The fourth-order valence-electron chi connectivity index (χ4n) is 25.9. The summed E-state index contributed by atoms with van der Waals surface area (Å²) < 4.78 is 9.06. The highest BCUT2D eigenvalue weighted by molar-refractivity contribution is 6.18. The molecule has 16 aromatic heterocycles. The molecule has 28 aromatic rings. The maximum absolute atomic E-state index is 5.19. The van der Waals surface area contributed by atoms with E-state index in [1.54, 1.807) is 0 Å². The van der Waals surface area contributed by atoms with E-state index in [2.05, 4.69) is 290 Å². The molecule has 0 fully saturated rings. The minimum absolute atomic E-state index is 0.892. The molecule has 0 atom stereocenters. The van der Waals surface area contributed by atoms with Crippen LogP contribution >= 0.6 is 0 Å². The van der Waals surface area contributed by atoms with E-state index in [1.165, 1.54) is 183 Å². The van der Waals surface area contributed by atoms with Crippen molar-refractivity contribution >= 4 is 154 Å². The number of benzene rings is 12. The Morgan fingerprint density at radius 1 is 0.164 bits per heavy atom. The highest BCUT2D eigenvalue weighted by Gasteiger charge is 2.37. The molecule has 0 saturated carbocycles. The van der Waals surface area contributed by atoms with Crippen LogP contribution in [0.1, 0.15) is 89.0 Å². The molecular weight excluding hydrogens is 1710 g/mol. The molecule has 0 radical (unpaired) electrons. The van der Waals surface area contributed by atoms with Crippen LogP contribution in [0.3, 0.4) is 0 Å². The van der Waals surface area contributed by atoms with Crippen LogP contribution in [0.15, 0.2) is 342 Å². The first-order chi connectivity index (χ1) is 69.4. The average molecular weight is 1790 g/mol. The molecule has 8 aliphatic rings.